The summed E-state index contributed by atoms with van der Waals surface area (Å²) < 4.78 is 4.88. The summed E-state index contributed by atoms with van der Waals surface area (Å²) in [6.07, 6.45) is 0. The summed E-state index contributed by atoms with van der Waals surface area (Å²) in [5.41, 5.74) is 16.2. The zero-order chi connectivity index (χ0) is 14.4. The lowest BCUT2D eigenvalue weighted by Gasteiger charge is -2.01. The molecule has 0 saturated carbocycles. The van der Waals surface area contributed by atoms with Gasteiger partial charge in [-0.3, -0.25) is 4.79 Å². The molecule has 0 fully saturated rings. The lowest BCUT2D eigenvalue weighted by molar-refractivity contribution is -0.137. The second-order valence-corrected chi connectivity index (χ2v) is 4.04. The maximum Gasteiger partial charge on any atom is 0.446 e. The van der Waals surface area contributed by atoms with E-state index in [0.29, 0.717) is 4.47 Å². The molecule has 1 aromatic carbocycles. The van der Waals surface area contributed by atoms with E-state index in [4.69, 9.17) is 11.1 Å². The SMILES string of the molecule is COC(=O)C(=[N+]=[N-])C(=O)c1ccc(Br)cc1N=[N+]=[N-]. The summed E-state index contributed by atoms with van der Waals surface area (Å²) in [7, 11) is 1.04. The van der Waals surface area contributed by atoms with Gasteiger partial charge in [0.1, 0.15) is 0 Å². The van der Waals surface area contributed by atoms with E-state index < -0.39 is 17.5 Å². The average molecular weight is 324 g/mol. The van der Waals surface area contributed by atoms with Crippen LogP contribution >= 0.6 is 15.9 Å². The second-order valence-electron chi connectivity index (χ2n) is 3.12. The highest BCUT2D eigenvalue weighted by molar-refractivity contribution is 9.10. The summed E-state index contributed by atoms with van der Waals surface area (Å²) in [5.74, 6) is -2.01. The zero-order valence-electron chi connectivity index (χ0n) is 9.57. The second kappa shape index (κ2) is 6.46. The van der Waals surface area contributed by atoms with Crippen LogP contribution in [0.5, 0.6) is 0 Å². The summed E-state index contributed by atoms with van der Waals surface area (Å²) in [5, 5.41) is 3.33. The van der Waals surface area contributed by atoms with Gasteiger partial charge < -0.3 is 10.3 Å². The van der Waals surface area contributed by atoms with Crippen molar-refractivity contribution < 1.29 is 19.1 Å². The van der Waals surface area contributed by atoms with Gasteiger partial charge in [-0.1, -0.05) is 21.0 Å². The Bertz CT molecular complexity index is 645. The molecule has 0 heterocycles. The summed E-state index contributed by atoms with van der Waals surface area (Å²) >= 11 is 3.15. The van der Waals surface area contributed by atoms with Crippen molar-refractivity contribution in [1.82, 2.24) is 0 Å². The van der Waals surface area contributed by atoms with Crippen LogP contribution in [0.2, 0.25) is 0 Å². The van der Waals surface area contributed by atoms with Crippen molar-refractivity contribution in [3.05, 3.63) is 44.2 Å². The van der Waals surface area contributed by atoms with E-state index in [0.717, 1.165) is 7.11 Å². The Hall–Kier alpha value is -2.47. The first-order chi connectivity index (χ1) is 9.04. The normalized spacial score (nSPS) is 8.95. The van der Waals surface area contributed by atoms with Crippen LogP contribution < -0.4 is 0 Å². The summed E-state index contributed by atoms with van der Waals surface area (Å²) in [6.45, 7) is 0. The molecular formula is C10H6BrN5O3. The number of ketones is 1. The van der Waals surface area contributed by atoms with E-state index in [1.54, 1.807) is 0 Å². The van der Waals surface area contributed by atoms with Gasteiger partial charge in [-0.25, -0.2) is 4.79 Å². The molecule has 8 nitrogen and oxygen atoms in total. The van der Waals surface area contributed by atoms with Crippen LogP contribution in [-0.4, -0.2) is 29.4 Å². The maximum atomic E-state index is 12.0. The molecule has 0 unspecified atom stereocenters. The van der Waals surface area contributed by atoms with Crippen LogP contribution in [-0.2, 0) is 9.53 Å². The van der Waals surface area contributed by atoms with Crippen LogP contribution in [0, 0.1) is 0 Å². The number of carbonyl (C=O) groups is 2. The molecule has 9 heteroatoms. The molecule has 0 aromatic heterocycles. The Kier molecular flexibility index (Phi) is 4.96. The van der Waals surface area contributed by atoms with Crippen LogP contribution in [0.1, 0.15) is 10.4 Å². The molecule has 96 valence electrons. The minimum Gasteiger partial charge on any atom is -0.460 e. The van der Waals surface area contributed by atoms with Crippen molar-refractivity contribution in [3.8, 4) is 0 Å². The molecule has 19 heavy (non-hydrogen) atoms. The van der Waals surface area contributed by atoms with Gasteiger partial charge in [0, 0.05) is 14.9 Å². The molecule has 1 aromatic rings. The van der Waals surface area contributed by atoms with E-state index in [2.05, 4.69) is 35.5 Å². The van der Waals surface area contributed by atoms with Gasteiger partial charge in [0.2, 0.25) is 0 Å². The molecular weight excluding hydrogens is 318 g/mol. The quantitative estimate of drug-likeness (QED) is 0.160. The topological polar surface area (TPSA) is 129 Å². The predicted octanol–water partition coefficient (Wildman–Crippen LogP) is 2.42. The van der Waals surface area contributed by atoms with E-state index in [9.17, 15) is 9.59 Å². The van der Waals surface area contributed by atoms with Gasteiger partial charge in [0.15, 0.2) is 0 Å². The molecule has 0 amide bonds. The number of ether oxygens (including phenoxy) is 1. The number of esters is 1. The third-order valence-electron chi connectivity index (χ3n) is 2.05. The zero-order valence-corrected chi connectivity index (χ0v) is 11.2. The van der Waals surface area contributed by atoms with Gasteiger partial charge in [-0.15, -0.1) is 0 Å². The van der Waals surface area contributed by atoms with Crippen molar-refractivity contribution >= 4 is 39.1 Å². The largest absolute Gasteiger partial charge is 0.460 e. The summed E-state index contributed by atoms with van der Waals surface area (Å²) in [6, 6.07) is 4.22. The fourth-order valence-electron chi connectivity index (χ4n) is 1.23. The molecule has 0 aliphatic heterocycles. The number of Topliss-reactive ketones (excluding diaryl/α,β-unsaturated/α-hetero) is 1. The number of hydrogen-bond donors (Lipinski definition) is 0. The highest BCUT2D eigenvalue weighted by Crippen LogP contribution is 2.25. The minimum atomic E-state index is -1.10. The number of benzene rings is 1. The van der Waals surface area contributed by atoms with Gasteiger partial charge >= 0.3 is 11.7 Å². The molecule has 0 aliphatic rings. The number of methoxy groups -OCH3 is 1. The fraction of sp³-hybridized carbons (Fsp3) is 0.100. The van der Waals surface area contributed by atoms with Crippen LogP contribution in [0.4, 0.5) is 5.69 Å². The van der Waals surface area contributed by atoms with Crippen molar-refractivity contribution in [1.29, 1.82) is 0 Å². The Morgan fingerprint density at radius 1 is 1.37 bits per heavy atom. The van der Waals surface area contributed by atoms with Crippen LogP contribution in [0.3, 0.4) is 0 Å². The van der Waals surface area contributed by atoms with E-state index in [1.165, 1.54) is 18.2 Å². The van der Waals surface area contributed by atoms with Crippen LogP contribution in [0.25, 0.3) is 16.0 Å². The Morgan fingerprint density at radius 2 is 2.05 bits per heavy atom. The average Bonchev–Trinajstić information content (AvgIpc) is 2.39. The molecule has 0 aliphatic carbocycles. The number of halogens is 1. The number of hydrogen-bond acceptors (Lipinski definition) is 4. The molecule has 0 atom stereocenters. The van der Waals surface area contributed by atoms with Crippen molar-refractivity contribution in [2.45, 2.75) is 0 Å². The van der Waals surface area contributed by atoms with Crippen molar-refractivity contribution in [2.75, 3.05) is 7.11 Å². The molecule has 0 N–H and O–H groups in total. The van der Waals surface area contributed by atoms with Crippen molar-refractivity contribution in [3.63, 3.8) is 0 Å². The molecule has 0 radical (unpaired) electrons. The Labute approximate surface area is 115 Å². The van der Waals surface area contributed by atoms with Gasteiger partial charge in [-0.05, 0) is 23.7 Å². The highest BCUT2D eigenvalue weighted by Gasteiger charge is 2.32. The fourth-order valence-corrected chi connectivity index (χ4v) is 1.58. The predicted molar refractivity (Wildman–Crippen MR) is 67.9 cm³/mol. The van der Waals surface area contributed by atoms with E-state index in [1.807, 2.05) is 0 Å². The first-order valence-electron chi connectivity index (χ1n) is 4.74. The highest BCUT2D eigenvalue weighted by atomic mass is 79.9. The smallest absolute Gasteiger partial charge is 0.446 e. The third-order valence-corrected chi connectivity index (χ3v) is 2.54. The monoisotopic (exact) mass is 323 g/mol. The molecule has 0 bridgehead atoms. The Morgan fingerprint density at radius 3 is 2.58 bits per heavy atom. The Balaban J connectivity index is 3.38. The third kappa shape index (κ3) is 3.26. The number of azide groups is 1. The first kappa shape index (κ1) is 14.6. The lowest BCUT2D eigenvalue weighted by Crippen LogP contribution is -2.26. The number of carbonyl (C=O) groups excluding carboxylic acids is 2. The summed E-state index contributed by atoms with van der Waals surface area (Å²) in [4.78, 5) is 28.4. The lowest BCUT2D eigenvalue weighted by atomic mass is 10.1. The van der Waals surface area contributed by atoms with Crippen LogP contribution in [0.15, 0.2) is 27.8 Å². The van der Waals surface area contributed by atoms with Gasteiger partial charge in [0.05, 0.1) is 12.8 Å². The molecule has 0 saturated heterocycles. The maximum absolute atomic E-state index is 12.0. The number of rotatable bonds is 4. The molecule has 1 rings (SSSR count). The number of nitrogens with zero attached hydrogens (tertiary/aromatic N) is 5. The van der Waals surface area contributed by atoms with Gasteiger partial charge in [-0.2, -0.15) is 4.79 Å². The molecule has 0 spiro atoms. The van der Waals surface area contributed by atoms with Crippen molar-refractivity contribution in [2.24, 2.45) is 5.11 Å². The first-order valence-corrected chi connectivity index (χ1v) is 5.54. The van der Waals surface area contributed by atoms with Gasteiger partial charge in [0.25, 0.3) is 5.78 Å². The standard InChI is InChI=1S/C10H6BrN5O3/c1-19-10(18)8(14-12)9(17)6-3-2-5(11)4-7(6)15-16-13/h2-4H,1H3. The minimum absolute atomic E-state index is 0.00747. The van der Waals surface area contributed by atoms with E-state index in [-0.39, 0.29) is 11.3 Å². The van der Waals surface area contributed by atoms with E-state index >= 15 is 0 Å².